The number of alkyl halides is 1. The number of fused-ring (bicyclic) bond motifs is 1. The van der Waals surface area contributed by atoms with Gasteiger partial charge in [0, 0.05) is 50.5 Å². The SMILES string of the molecule is C=CCCC(=O)OC[C@H](NC(=O)[C@@H]1[C@H]2O[C@@]3(CC2Br)[C@H](C(=O)N(CC=C)CCN2CCOCC2)N(CCO)C(=O)[C@@H]13)c1ccccc1. The Morgan fingerprint density at radius 1 is 1.17 bits per heavy atom. The second-order valence-electron chi connectivity index (χ2n) is 12.4. The van der Waals surface area contributed by atoms with Crippen molar-refractivity contribution in [1.82, 2.24) is 20.0 Å². The van der Waals surface area contributed by atoms with Crippen LogP contribution >= 0.6 is 15.9 Å². The number of nitrogens with zero attached hydrogens (tertiary/aromatic N) is 3. The van der Waals surface area contributed by atoms with Crippen LogP contribution in [0.3, 0.4) is 0 Å². The molecule has 1 aromatic rings. The minimum atomic E-state index is -1.26. The van der Waals surface area contributed by atoms with E-state index in [1.165, 1.54) is 4.90 Å². The topological polar surface area (TPSA) is 138 Å². The van der Waals surface area contributed by atoms with Crippen LogP contribution in [0.4, 0.5) is 0 Å². The molecule has 1 aromatic carbocycles. The van der Waals surface area contributed by atoms with Crippen LogP contribution in [0.25, 0.3) is 0 Å². The number of esters is 1. The second-order valence-corrected chi connectivity index (χ2v) is 13.6. The molecule has 4 heterocycles. The monoisotopic (exact) mass is 716 g/mol. The Kier molecular flexibility index (Phi) is 11.9. The number of aliphatic hydroxyl groups is 1. The zero-order chi connectivity index (χ0) is 33.6. The van der Waals surface area contributed by atoms with Crippen molar-refractivity contribution >= 4 is 39.6 Å². The third-order valence-corrected chi connectivity index (χ3v) is 10.4. The number of carbonyl (C=O) groups excluding carboxylic acids is 4. The average Bonchev–Trinajstić information content (AvgIpc) is 3.67. The van der Waals surface area contributed by atoms with Crippen molar-refractivity contribution in [1.29, 1.82) is 0 Å². The van der Waals surface area contributed by atoms with Crippen molar-refractivity contribution in [2.45, 2.75) is 47.9 Å². The first-order valence-corrected chi connectivity index (χ1v) is 17.2. The first kappa shape index (κ1) is 35.2. The molecule has 2 bridgehead atoms. The smallest absolute Gasteiger partial charge is 0.306 e. The molecule has 4 aliphatic heterocycles. The standard InChI is InChI=1S/C34H45BrN4O8/c1-3-5-11-26(41)46-22-25(23-9-7-6-8-10-23)36-31(42)27-28-32(43)39(15-18-40)30(34(28)21-24(35)29(27)47-34)33(44)38(12-4-2)14-13-37-16-19-45-20-17-37/h3-4,6-10,24-25,27-30,40H,1-2,5,11-22H2,(H,36,42)/t24?,25-,27-,28+,29-,30-,34+/m0/s1. The highest BCUT2D eigenvalue weighted by Gasteiger charge is 2.76. The maximum atomic E-state index is 14.4. The number of hydrogen-bond donors (Lipinski definition) is 2. The third kappa shape index (κ3) is 7.34. The van der Waals surface area contributed by atoms with E-state index in [4.69, 9.17) is 14.2 Å². The van der Waals surface area contributed by atoms with E-state index in [2.05, 4.69) is 39.3 Å². The lowest BCUT2D eigenvalue weighted by Crippen LogP contribution is -2.58. The van der Waals surface area contributed by atoms with Gasteiger partial charge < -0.3 is 34.4 Å². The van der Waals surface area contributed by atoms with Gasteiger partial charge in [-0.25, -0.2) is 0 Å². The maximum absolute atomic E-state index is 14.4. The summed E-state index contributed by atoms with van der Waals surface area (Å²) >= 11 is 3.71. The Morgan fingerprint density at radius 2 is 1.91 bits per heavy atom. The van der Waals surface area contributed by atoms with Crippen LogP contribution in [0.2, 0.25) is 0 Å². The van der Waals surface area contributed by atoms with E-state index in [0.717, 1.165) is 18.7 Å². The quantitative estimate of drug-likeness (QED) is 0.148. The third-order valence-electron chi connectivity index (χ3n) is 9.60. The Bertz CT molecular complexity index is 1310. The van der Waals surface area contributed by atoms with Gasteiger partial charge in [-0.3, -0.25) is 24.1 Å². The van der Waals surface area contributed by atoms with Gasteiger partial charge in [0.2, 0.25) is 17.7 Å². The number of likely N-dealkylation sites (tertiary alicyclic amines) is 1. The van der Waals surface area contributed by atoms with E-state index >= 15 is 0 Å². The minimum absolute atomic E-state index is 0.0680. The summed E-state index contributed by atoms with van der Waals surface area (Å²) in [7, 11) is 0. The average molecular weight is 718 g/mol. The normalized spacial score (nSPS) is 28.9. The predicted octanol–water partition coefficient (Wildman–Crippen LogP) is 1.44. The van der Waals surface area contributed by atoms with Crippen LogP contribution in [-0.2, 0) is 33.4 Å². The lowest BCUT2D eigenvalue weighted by atomic mass is 9.70. The van der Waals surface area contributed by atoms with Gasteiger partial charge in [0.05, 0.1) is 43.8 Å². The number of hydrogen-bond acceptors (Lipinski definition) is 9. The summed E-state index contributed by atoms with van der Waals surface area (Å²) in [6, 6.07) is 7.48. The number of benzene rings is 1. The number of morpholine rings is 1. The van der Waals surface area contributed by atoms with Crippen LogP contribution < -0.4 is 5.32 Å². The molecule has 4 aliphatic rings. The zero-order valence-electron chi connectivity index (χ0n) is 26.6. The van der Waals surface area contributed by atoms with E-state index in [0.29, 0.717) is 39.1 Å². The van der Waals surface area contributed by atoms with E-state index in [9.17, 15) is 24.3 Å². The molecule has 0 radical (unpaired) electrons. The molecule has 1 spiro atoms. The van der Waals surface area contributed by atoms with Crippen molar-refractivity contribution in [3.05, 3.63) is 61.2 Å². The Hall–Kier alpha value is -3.10. The van der Waals surface area contributed by atoms with Gasteiger partial charge in [0.15, 0.2) is 0 Å². The highest BCUT2D eigenvalue weighted by molar-refractivity contribution is 9.09. The molecule has 5 rings (SSSR count). The summed E-state index contributed by atoms with van der Waals surface area (Å²) in [5.41, 5.74) is -0.526. The first-order chi connectivity index (χ1) is 22.7. The van der Waals surface area contributed by atoms with Crippen LogP contribution in [0.15, 0.2) is 55.6 Å². The Labute approximate surface area is 284 Å². The molecule has 4 saturated heterocycles. The molecular formula is C34H45BrN4O8. The number of halogens is 1. The van der Waals surface area contributed by atoms with Gasteiger partial charge in [-0.1, -0.05) is 58.4 Å². The fourth-order valence-corrected chi connectivity index (χ4v) is 8.35. The summed E-state index contributed by atoms with van der Waals surface area (Å²) in [6.07, 6.45) is 3.63. The number of amides is 3. The fraction of sp³-hybridized carbons (Fsp3) is 0.588. The van der Waals surface area contributed by atoms with Crippen molar-refractivity contribution < 1.29 is 38.5 Å². The molecule has 4 fully saturated rings. The molecule has 256 valence electrons. The summed E-state index contributed by atoms with van der Waals surface area (Å²) in [4.78, 5) is 60.2. The maximum Gasteiger partial charge on any atom is 0.306 e. The van der Waals surface area contributed by atoms with Crippen molar-refractivity contribution in [3.8, 4) is 0 Å². The molecule has 0 saturated carbocycles. The Morgan fingerprint density at radius 3 is 2.60 bits per heavy atom. The van der Waals surface area contributed by atoms with Crippen molar-refractivity contribution in [2.75, 3.05) is 65.7 Å². The van der Waals surface area contributed by atoms with Crippen LogP contribution in [0.5, 0.6) is 0 Å². The highest BCUT2D eigenvalue weighted by atomic mass is 79.9. The Balaban J connectivity index is 1.39. The number of nitrogens with one attached hydrogen (secondary N) is 1. The van der Waals surface area contributed by atoms with E-state index in [1.807, 2.05) is 30.3 Å². The molecular weight excluding hydrogens is 672 g/mol. The number of rotatable bonds is 16. The summed E-state index contributed by atoms with van der Waals surface area (Å²) in [5.74, 6) is -3.37. The molecule has 2 N–H and O–H groups in total. The van der Waals surface area contributed by atoms with Gasteiger partial charge >= 0.3 is 5.97 Å². The summed E-state index contributed by atoms with van der Waals surface area (Å²) < 4.78 is 17.6. The minimum Gasteiger partial charge on any atom is -0.463 e. The van der Waals surface area contributed by atoms with Gasteiger partial charge in [0.25, 0.3) is 0 Å². The van der Waals surface area contributed by atoms with E-state index in [-0.39, 0.29) is 43.5 Å². The zero-order valence-corrected chi connectivity index (χ0v) is 28.2. The van der Waals surface area contributed by atoms with Crippen LogP contribution in [0.1, 0.15) is 30.9 Å². The molecule has 0 aromatic heterocycles. The predicted molar refractivity (Wildman–Crippen MR) is 176 cm³/mol. The van der Waals surface area contributed by atoms with Crippen molar-refractivity contribution in [3.63, 3.8) is 0 Å². The van der Waals surface area contributed by atoms with Gasteiger partial charge in [0.1, 0.15) is 18.2 Å². The van der Waals surface area contributed by atoms with Gasteiger partial charge in [-0.2, -0.15) is 0 Å². The number of ether oxygens (including phenoxy) is 3. The van der Waals surface area contributed by atoms with Crippen LogP contribution in [0, 0.1) is 11.8 Å². The molecule has 7 atom stereocenters. The second kappa shape index (κ2) is 15.9. The van der Waals surface area contributed by atoms with E-state index < -0.39 is 53.4 Å². The summed E-state index contributed by atoms with van der Waals surface area (Å²) in [5, 5.41) is 13.0. The lowest BCUT2D eigenvalue weighted by Gasteiger charge is -2.37. The highest BCUT2D eigenvalue weighted by Crippen LogP contribution is 2.60. The number of β-amino-alcohol motifs (C(OH)–C–C–N with tert-alkyl or cyclic N) is 1. The largest absolute Gasteiger partial charge is 0.463 e. The first-order valence-electron chi connectivity index (χ1n) is 16.3. The van der Waals surface area contributed by atoms with Gasteiger partial charge in [-0.15, -0.1) is 13.2 Å². The molecule has 47 heavy (non-hydrogen) atoms. The van der Waals surface area contributed by atoms with Gasteiger partial charge in [-0.05, 0) is 18.4 Å². The number of carbonyl (C=O) groups is 4. The molecule has 0 aliphatic carbocycles. The number of aliphatic hydroxyl groups excluding tert-OH is 1. The fourth-order valence-electron chi connectivity index (χ4n) is 7.41. The summed E-state index contributed by atoms with van der Waals surface area (Å²) in [6.45, 7) is 11.1. The molecule has 13 heteroatoms. The molecule has 1 unspecified atom stereocenters. The van der Waals surface area contributed by atoms with E-state index in [1.54, 1.807) is 17.1 Å². The molecule has 3 amide bonds. The molecule has 12 nitrogen and oxygen atoms in total. The lowest BCUT2D eigenvalue weighted by molar-refractivity contribution is -0.148. The number of allylic oxidation sites excluding steroid dienone is 1. The van der Waals surface area contributed by atoms with Crippen molar-refractivity contribution in [2.24, 2.45) is 11.8 Å². The van der Waals surface area contributed by atoms with Crippen LogP contribution in [-0.4, -0.2) is 132 Å².